The highest BCUT2D eigenvalue weighted by Gasteiger charge is 1.98. The number of hydrogen-bond acceptors (Lipinski definition) is 2. The average Bonchev–Trinajstić information content (AvgIpc) is 2.12. The summed E-state index contributed by atoms with van der Waals surface area (Å²) in [4.78, 5) is 14.6. The van der Waals surface area contributed by atoms with Gasteiger partial charge in [-0.15, -0.1) is 0 Å². The van der Waals surface area contributed by atoms with Crippen LogP contribution < -0.4 is 0 Å². The molecule has 0 amide bonds. The van der Waals surface area contributed by atoms with Crippen molar-refractivity contribution >= 4 is 12.0 Å². The highest BCUT2D eigenvalue weighted by atomic mass is 16.1. The van der Waals surface area contributed by atoms with E-state index >= 15 is 0 Å². The van der Waals surface area contributed by atoms with Crippen LogP contribution in [0.1, 0.15) is 13.3 Å². The summed E-state index contributed by atoms with van der Waals surface area (Å²) < 4.78 is 0. The Hall–Kier alpha value is -1.18. The lowest BCUT2D eigenvalue weighted by Crippen LogP contribution is -1.96. The summed E-state index contributed by atoms with van der Waals surface area (Å²) in [7, 11) is 0. The van der Waals surface area contributed by atoms with Crippen molar-refractivity contribution < 1.29 is 4.79 Å². The Morgan fingerprint density at radius 2 is 2.50 bits per heavy atom. The molecule has 1 aliphatic heterocycles. The number of carbonyl (C=O) groups excluding carboxylic acids is 1. The smallest absolute Gasteiger partial charge is 0.161 e. The van der Waals surface area contributed by atoms with Crippen molar-refractivity contribution in [1.82, 2.24) is 0 Å². The quantitative estimate of drug-likeness (QED) is 0.535. The van der Waals surface area contributed by atoms with Crippen LogP contribution in [0.3, 0.4) is 0 Å². The van der Waals surface area contributed by atoms with Crippen molar-refractivity contribution in [2.45, 2.75) is 13.3 Å². The van der Waals surface area contributed by atoms with Crippen molar-refractivity contribution in [1.29, 1.82) is 0 Å². The molecule has 0 bridgehead atoms. The molecule has 0 aliphatic carbocycles. The Labute approximate surface area is 60.0 Å². The van der Waals surface area contributed by atoms with Crippen molar-refractivity contribution in [2.24, 2.45) is 4.99 Å². The van der Waals surface area contributed by atoms with Gasteiger partial charge in [-0.05, 0) is 13.3 Å². The lowest BCUT2D eigenvalue weighted by atomic mass is 10.2. The topological polar surface area (TPSA) is 29.4 Å². The number of carbonyl (C=O) groups is 1. The van der Waals surface area contributed by atoms with E-state index in [0.29, 0.717) is 5.57 Å². The molecule has 2 nitrogen and oxygen atoms in total. The van der Waals surface area contributed by atoms with Gasteiger partial charge in [-0.1, -0.05) is 12.2 Å². The standard InChI is InChI=1S/C8H9NO/c1-7(10)8-4-2-3-5-9-6-8/h3-6H,2H2,1H3. The summed E-state index contributed by atoms with van der Waals surface area (Å²) in [6.45, 7) is 1.54. The van der Waals surface area contributed by atoms with Crippen LogP contribution in [0.2, 0.25) is 0 Å². The van der Waals surface area contributed by atoms with Crippen LogP contribution in [0.15, 0.2) is 28.9 Å². The van der Waals surface area contributed by atoms with E-state index < -0.39 is 0 Å². The third-order valence-corrected chi connectivity index (χ3v) is 1.29. The predicted octanol–water partition coefficient (Wildman–Crippen LogP) is 1.49. The molecule has 1 rings (SSSR count). The highest BCUT2D eigenvalue weighted by molar-refractivity contribution is 6.12. The van der Waals surface area contributed by atoms with Gasteiger partial charge in [0.2, 0.25) is 0 Å². The van der Waals surface area contributed by atoms with Gasteiger partial charge in [0.15, 0.2) is 5.78 Å². The van der Waals surface area contributed by atoms with Gasteiger partial charge >= 0.3 is 0 Å². The molecule has 0 saturated heterocycles. The van der Waals surface area contributed by atoms with Gasteiger partial charge < -0.3 is 0 Å². The van der Waals surface area contributed by atoms with Gasteiger partial charge in [-0.25, -0.2) is 0 Å². The van der Waals surface area contributed by atoms with Crippen LogP contribution in [0.5, 0.6) is 0 Å². The fourth-order valence-electron chi connectivity index (χ4n) is 0.727. The number of allylic oxidation sites excluding steroid dienone is 3. The van der Waals surface area contributed by atoms with Crippen LogP contribution in [-0.2, 0) is 4.79 Å². The second kappa shape index (κ2) is 3.11. The summed E-state index contributed by atoms with van der Waals surface area (Å²) in [6.07, 6.45) is 7.87. The van der Waals surface area contributed by atoms with E-state index in [1.807, 2.05) is 12.2 Å². The molecule has 0 fully saturated rings. The van der Waals surface area contributed by atoms with Gasteiger partial charge in [-0.3, -0.25) is 9.79 Å². The van der Waals surface area contributed by atoms with E-state index in [1.165, 1.54) is 0 Å². The van der Waals surface area contributed by atoms with E-state index in [1.54, 1.807) is 19.3 Å². The first-order valence-electron chi connectivity index (χ1n) is 3.20. The second-order valence-electron chi connectivity index (χ2n) is 2.11. The summed E-state index contributed by atoms with van der Waals surface area (Å²) in [5.74, 6) is 0.0763. The summed E-state index contributed by atoms with van der Waals surface area (Å²) in [5.41, 5.74) is 0.699. The zero-order chi connectivity index (χ0) is 7.40. The highest BCUT2D eigenvalue weighted by Crippen LogP contribution is 2.00. The van der Waals surface area contributed by atoms with E-state index in [4.69, 9.17) is 0 Å². The van der Waals surface area contributed by atoms with Gasteiger partial charge in [0.05, 0.1) is 0 Å². The maximum atomic E-state index is 10.8. The molecular weight excluding hydrogens is 126 g/mol. The molecule has 1 heterocycles. The minimum atomic E-state index is 0.0763. The fraction of sp³-hybridized carbons (Fsp3) is 0.250. The normalized spacial score (nSPS) is 16.3. The first-order chi connectivity index (χ1) is 4.80. The number of rotatable bonds is 1. The largest absolute Gasteiger partial charge is 0.294 e. The molecule has 0 aromatic heterocycles. The first-order valence-corrected chi connectivity index (χ1v) is 3.20. The van der Waals surface area contributed by atoms with E-state index in [-0.39, 0.29) is 5.78 Å². The maximum absolute atomic E-state index is 10.8. The molecule has 0 spiro atoms. The predicted molar refractivity (Wildman–Crippen MR) is 41.0 cm³/mol. The van der Waals surface area contributed by atoms with E-state index in [0.717, 1.165) is 6.42 Å². The van der Waals surface area contributed by atoms with Crippen LogP contribution >= 0.6 is 0 Å². The van der Waals surface area contributed by atoms with E-state index in [9.17, 15) is 4.79 Å². The maximum Gasteiger partial charge on any atom is 0.161 e. The van der Waals surface area contributed by atoms with Crippen LogP contribution in [0, 0.1) is 0 Å². The molecule has 0 unspecified atom stereocenters. The third-order valence-electron chi connectivity index (χ3n) is 1.29. The monoisotopic (exact) mass is 135 g/mol. The minimum Gasteiger partial charge on any atom is -0.294 e. The lowest BCUT2D eigenvalue weighted by Gasteiger charge is -1.89. The second-order valence-corrected chi connectivity index (χ2v) is 2.11. The van der Waals surface area contributed by atoms with Crippen molar-refractivity contribution in [3.05, 3.63) is 23.9 Å². The number of aliphatic imine (C=N–C) groups is 1. The zero-order valence-electron chi connectivity index (χ0n) is 5.87. The molecule has 1 aliphatic rings. The minimum absolute atomic E-state index is 0.0763. The molecule has 2 heteroatoms. The molecular formula is C8H9NO. The summed E-state index contributed by atoms with van der Waals surface area (Å²) in [6, 6.07) is 0. The Morgan fingerprint density at radius 1 is 1.70 bits per heavy atom. The van der Waals surface area contributed by atoms with Crippen LogP contribution in [0.4, 0.5) is 0 Å². The van der Waals surface area contributed by atoms with Gasteiger partial charge in [0, 0.05) is 18.0 Å². The molecule has 52 valence electrons. The third kappa shape index (κ3) is 1.65. The molecule has 0 aromatic carbocycles. The van der Waals surface area contributed by atoms with Crippen molar-refractivity contribution in [2.75, 3.05) is 0 Å². The first kappa shape index (κ1) is 6.93. The van der Waals surface area contributed by atoms with Gasteiger partial charge in [-0.2, -0.15) is 0 Å². The number of Topliss-reactive ketones (excluding diaryl/α,β-unsaturated/α-hetero) is 1. The van der Waals surface area contributed by atoms with E-state index in [2.05, 4.69) is 4.99 Å². The molecule has 0 atom stereocenters. The molecule has 0 N–H and O–H groups in total. The Morgan fingerprint density at radius 3 is 3.20 bits per heavy atom. The SMILES string of the molecule is CC(=O)C1=CCC=CN=C1. The zero-order valence-corrected chi connectivity index (χ0v) is 5.87. The van der Waals surface area contributed by atoms with Gasteiger partial charge in [0.1, 0.15) is 0 Å². The number of nitrogens with zero attached hydrogens (tertiary/aromatic N) is 1. The fourth-order valence-corrected chi connectivity index (χ4v) is 0.727. The molecule has 0 aromatic rings. The van der Waals surface area contributed by atoms with Crippen molar-refractivity contribution in [3.63, 3.8) is 0 Å². The van der Waals surface area contributed by atoms with Crippen LogP contribution in [-0.4, -0.2) is 12.0 Å². The van der Waals surface area contributed by atoms with Crippen molar-refractivity contribution in [3.8, 4) is 0 Å². The molecule has 0 saturated carbocycles. The number of hydrogen-bond donors (Lipinski definition) is 0. The molecule has 10 heavy (non-hydrogen) atoms. The van der Waals surface area contributed by atoms with Crippen LogP contribution in [0.25, 0.3) is 0 Å². The lowest BCUT2D eigenvalue weighted by molar-refractivity contribution is -0.113. The number of ketones is 1. The average molecular weight is 135 g/mol. The molecule has 0 radical (unpaired) electrons. The summed E-state index contributed by atoms with van der Waals surface area (Å²) in [5, 5.41) is 0. The van der Waals surface area contributed by atoms with Gasteiger partial charge in [0.25, 0.3) is 0 Å². The summed E-state index contributed by atoms with van der Waals surface area (Å²) >= 11 is 0. The Balaban J connectivity index is 2.78. The Kier molecular flexibility index (Phi) is 2.15. The Bertz CT molecular complexity index is 223.